The summed E-state index contributed by atoms with van der Waals surface area (Å²) in [6, 6.07) is 6.52. The van der Waals surface area contributed by atoms with E-state index in [2.05, 4.69) is 45.5 Å². The zero-order valence-electron chi connectivity index (χ0n) is 9.45. The molecule has 4 heteroatoms. The maximum Gasteiger partial charge on any atom is 0.0944 e. The molecule has 0 unspecified atom stereocenters. The summed E-state index contributed by atoms with van der Waals surface area (Å²) in [6.07, 6.45) is 0. The third-order valence-electron chi connectivity index (χ3n) is 3.21. The van der Waals surface area contributed by atoms with Crippen molar-refractivity contribution in [2.45, 2.75) is 6.92 Å². The van der Waals surface area contributed by atoms with Crippen LogP contribution in [0.3, 0.4) is 0 Å². The summed E-state index contributed by atoms with van der Waals surface area (Å²) in [5.74, 6) is 0. The average molecular weight is 216 g/mol. The summed E-state index contributed by atoms with van der Waals surface area (Å²) in [6.45, 7) is 6.35. The van der Waals surface area contributed by atoms with Gasteiger partial charge >= 0.3 is 0 Å². The second kappa shape index (κ2) is 3.79. The maximum atomic E-state index is 4.31. The fourth-order valence-corrected chi connectivity index (χ4v) is 2.25. The van der Waals surface area contributed by atoms with Gasteiger partial charge in [-0.15, -0.1) is 0 Å². The highest BCUT2D eigenvalue weighted by atomic mass is 15.2. The number of benzene rings is 1. The number of nitrogens with one attached hydrogen (secondary N) is 2. The monoisotopic (exact) mass is 216 g/mol. The van der Waals surface area contributed by atoms with Gasteiger partial charge in [-0.05, 0) is 25.1 Å². The first-order chi connectivity index (χ1) is 7.84. The van der Waals surface area contributed by atoms with E-state index in [1.165, 1.54) is 11.1 Å². The lowest BCUT2D eigenvalue weighted by molar-refractivity contribution is 0.589. The van der Waals surface area contributed by atoms with Gasteiger partial charge in [-0.1, -0.05) is 0 Å². The van der Waals surface area contributed by atoms with Gasteiger partial charge in [0.05, 0.1) is 5.52 Å². The smallest absolute Gasteiger partial charge is 0.0944 e. The van der Waals surface area contributed by atoms with Gasteiger partial charge in [-0.25, -0.2) is 0 Å². The molecule has 1 fully saturated rings. The molecule has 2 heterocycles. The number of piperazine rings is 1. The van der Waals surface area contributed by atoms with E-state index >= 15 is 0 Å². The van der Waals surface area contributed by atoms with Crippen LogP contribution in [-0.4, -0.2) is 36.4 Å². The zero-order valence-corrected chi connectivity index (χ0v) is 9.45. The first-order valence-corrected chi connectivity index (χ1v) is 5.75. The largest absolute Gasteiger partial charge is 0.369 e. The number of hydrogen-bond acceptors (Lipinski definition) is 3. The fraction of sp³-hybridized carbons (Fsp3) is 0.417. The molecular formula is C12H16N4. The summed E-state index contributed by atoms with van der Waals surface area (Å²) >= 11 is 0. The van der Waals surface area contributed by atoms with Crippen LogP contribution < -0.4 is 10.2 Å². The minimum atomic E-state index is 1.06. The molecule has 0 spiro atoms. The lowest BCUT2D eigenvalue weighted by atomic mass is 10.2. The first-order valence-electron chi connectivity index (χ1n) is 5.75. The van der Waals surface area contributed by atoms with E-state index in [-0.39, 0.29) is 0 Å². The first kappa shape index (κ1) is 9.66. The molecule has 1 aromatic carbocycles. The summed E-state index contributed by atoms with van der Waals surface area (Å²) in [4.78, 5) is 2.40. The molecule has 1 aliphatic rings. The average Bonchev–Trinajstić information content (AvgIpc) is 2.72. The van der Waals surface area contributed by atoms with Crippen LogP contribution in [0.5, 0.6) is 0 Å². The van der Waals surface area contributed by atoms with E-state index in [1.54, 1.807) is 0 Å². The Morgan fingerprint density at radius 1 is 1.25 bits per heavy atom. The second-order valence-corrected chi connectivity index (χ2v) is 4.29. The van der Waals surface area contributed by atoms with Crippen molar-refractivity contribution in [3.05, 3.63) is 23.9 Å². The Kier molecular flexibility index (Phi) is 2.29. The molecule has 0 amide bonds. The Bertz CT molecular complexity index is 497. The second-order valence-electron chi connectivity index (χ2n) is 4.29. The van der Waals surface area contributed by atoms with E-state index in [0.717, 1.165) is 37.4 Å². The van der Waals surface area contributed by atoms with Gasteiger partial charge in [0.25, 0.3) is 0 Å². The summed E-state index contributed by atoms with van der Waals surface area (Å²) in [5.41, 5.74) is 3.48. The molecule has 16 heavy (non-hydrogen) atoms. The van der Waals surface area contributed by atoms with E-state index in [1.807, 2.05) is 0 Å². The normalized spacial score (nSPS) is 16.9. The summed E-state index contributed by atoms with van der Waals surface area (Å²) in [7, 11) is 0. The minimum absolute atomic E-state index is 1.06. The number of rotatable bonds is 1. The van der Waals surface area contributed by atoms with Crippen LogP contribution >= 0.6 is 0 Å². The number of aromatic nitrogens is 2. The lowest BCUT2D eigenvalue weighted by Gasteiger charge is -2.29. The Balaban J connectivity index is 1.97. The van der Waals surface area contributed by atoms with Crippen LogP contribution in [0.1, 0.15) is 5.69 Å². The topological polar surface area (TPSA) is 44.0 Å². The third kappa shape index (κ3) is 1.55. The molecule has 0 atom stereocenters. The SMILES string of the molecule is Cc1[nH]nc2cc(N3CCNCC3)ccc12. The molecule has 84 valence electrons. The molecule has 3 rings (SSSR count). The fourth-order valence-electron chi connectivity index (χ4n) is 2.25. The van der Waals surface area contributed by atoms with E-state index < -0.39 is 0 Å². The molecule has 1 aliphatic heterocycles. The predicted molar refractivity (Wildman–Crippen MR) is 65.9 cm³/mol. The lowest BCUT2D eigenvalue weighted by Crippen LogP contribution is -2.43. The van der Waals surface area contributed by atoms with Crippen LogP contribution in [0.15, 0.2) is 18.2 Å². The van der Waals surface area contributed by atoms with E-state index in [0.29, 0.717) is 0 Å². The van der Waals surface area contributed by atoms with Gasteiger partial charge in [-0.3, -0.25) is 5.10 Å². The molecule has 0 radical (unpaired) electrons. The molecule has 0 bridgehead atoms. The molecule has 0 saturated carbocycles. The zero-order chi connectivity index (χ0) is 11.0. The Hall–Kier alpha value is -1.55. The molecule has 4 nitrogen and oxygen atoms in total. The quantitative estimate of drug-likeness (QED) is 0.754. The van der Waals surface area contributed by atoms with E-state index in [4.69, 9.17) is 0 Å². The molecular weight excluding hydrogens is 200 g/mol. The van der Waals surface area contributed by atoms with Gasteiger partial charge in [-0.2, -0.15) is 5.10 Å². The standard InChI is InChI=1S/C12H16N4/c1-9-11-3-2-10(8-12(11)15-14-9)16-6-4-13-5-7-16/h2-3,8,13H,4-7H2,1H3,(H,14,15). The van der Waals surface area contributed by atoms with Gasteiger partial charge in [0.2, 0.25) is 0 Å². The summed E-state index contributed by atoms with van der Waals surface area (Å²) < 4.78 is 0. The van der Waals surface area contributed by atoms with Crippen molar-refractivity contribution in [1.29, 1.82) is 0 Å². The Morgan fingerprint density at radius 3 is 2.88 bits per heavy atom. The Labute approximate surface area is 94.6 Å². The highest BCUT2D eigenvalue weighted by molar-refractivity contribution is 5.84. The number of aromatic amines is 1. The maximum absolute atomic E-state index is 4.31. The number of aryl methyl sites for hydroxylation is 1. The third-order valence-corrected chi connectivity index (χ3v) is 3.21. The van der Waals surface area contributed by atoms with Crippen LogP contribution in [0, 0.1) is 6.92 Å². The number of anilines is 1. The predicted octanol–water partition coefficient (Wildman–Crippen LogP) is 1.28. The summed E-state index contributed by atoms with van der Waals surface area (Å²) in [5, 5.41) is 11.9. The van der Waals surface area contributed by atoms with Crippen LogP contribution in [0.2, 0.25) is 0 Å². The van der Waals surface area contributed by atoms with Crippen molar-refractivity contribution < 1.29 is 0 Å². The van der Waals surface area contributed by atoms with Gasteiger partial charge < -0.3 is 10.2 Å². The molecule has 2 N–H and O–H groups in total. The minimum Gasteiger partial charge on any atom is -0.369 e. The number of H-pyrrole nitrogens is 1. The van der Waals surface area contributed by atoms with Gasteiger partial charge in [0.1, 0.15) is 0 Å². The molecule has 0 aliphatic carbocycles. The van der Waals surface area contributed by atoms with Crippen LogP contribution in [0.25, 0.3) is 10.9 Å². The van der Waals surface area contributed by atoms with E-state index in [9.17, 15) is 0 Å². The highest BCUT2D eigenvalue weighted by Gasteiger charge is 2.11. The number of fused-ring (bicyclic) bond motifs is 1. The van der Waals surface area contributed by atoms with Crippen molar-refractivity contribution in [2.24, 2.45) is 0 Å². The highest BCUT2D eigenvalue weighted by Crippen LogP contribution is 2.22. The van der Waals surface area contributed by atoms with Crippen molar-refractivity contribution in [1.82, 2.24) is 15.5 Å². The van der Waals surface area contributed by atoms with Gasteiger partial charge in [0, 0.05) is 42.9 Å². The van der Waals surface area contributed by atoms with Crippen molar-refractivity contribution in [3.63, 3.8) is 0 Å². The molecule has 2 aromatic rings. The number of hydrogen-bond donors (Lipinski definition) is 2. The van der Waals surface area contributed by atoms with Crippen LogP contribution in [0.4, 0.5) is 5.69 Å². The van der Waals surface area contributed by atoms with Crippen LogP contribution in [-0.2, 0) is 0 Å². The number of nitrogens with zero attached hydrogens (tertiary/aromatic N) is 2. The molecule has 1 aromatic heterocycles. The van der Waals surface area contributed by atoms with Crippen molar-refractivity contribution >= 4 is 16.6 Å². The van der Waals surface area contributed by atoms with Crippen molar-refractivity contribution in [2.75, 3.05) is 31.1 Å². The molecule has 1 saturated heterocycles. The van der Waals surface area contributed by atoms with Crippen molar-refractivity contribution in [3.8, 4) is 0 Å². The Morgan fingerprint density at radius 2 is 2.06 bits per heavy atom. The van der Waals surface area contributed by atoms with Gasteiger partial charge in [0.15, 0.2) is 0 Å².